The molecule has 0 unspecified atom stereocenters. The Labute approximate surface area is 122 Å². The van der Waals surface area contributed by atoms with Gasteiger partial charge in [0.2, 0.25) is 5.75 Å². The second kappa shape index (κ2) is 5.96. The van der Waals surface area contributed by atoms with Crippen LogP contribution >= 0.6 is 15.9 Å². The third kappa shape index (κ3) is 3.30. The number of benzene rings is 1. The minimum absolute atomic E-state index is 0.0288. The Morgan fingerprint density at radius 2 is 2.20 bits per heavy atom. The summed E-state index contributed by atoms with van der Waals surface area (Å²) in [5.41, 5.74) is 0.583. The SMILES string of the molecule is C[C@@H](Oc1cc(Br)cnc1[N+](=O)[O-])c1cccc(F)c1. The molecule has 1 heterocycles. The lowest BCUT2D eigenvalue weighted by molar-refractivity contribution is -0.390. The predicted molar refractivity (Wildman–Crippen MR) is 74.0 cm³/mol. The zero-order valence-corrected chi connectivity index (χ0v) is 12.0. The smallest absolute Gasteiger partial charge is 0.406 e. The molecule has 1 aromatic heterocycles. The monoisotopic (exact) mass is 340 g/mol. The second-order valence-electron chi connectivity index (χ2n) is 4.05. The number of ether oxygens (including phenoxy) is 1. The fraction of sp³-hybridized carbons (Fsp3) is 0.154. The lowest BCUT2D eigenvalue weighted by Gasteiger charge is -2.14. The van der Waals surface area contributed by atoms with Gasteiger partial charge in [0.1, 0.15) is 11.9 Å². The standard InChI is InChI=1S/C13H10BrFN2O3/c1-8(9-3-2-4-11(15)5-9)20-12-6-10(14)7-16-13(12)17(18)19/h2-8H,1H3/t8-/m1/s1. The van der Waals surface area contributed by atoms with E-state index in [0.717, 1.165) is 0 Å². The zero-order chi connectivity index (χ0) is 14.7. The highest BCUT2D eigenvalue weighted by Crippen LogP contribution is 2.31. The number of rotatable bonds is 4. The van der Waals surface area contributed by atoms with Gasteiger partial charge in [-0.3, -0.25) is 0 Å². The molecule has 0 saturated heterocycles. The molecule has 0 bridgehead atoms. The summed E-state index contributed by atoms with van der Waals surface area (Å²) in [7, 11) is 0. The van der Waals surface area contributed by atoms with Gasteiger partial charge >= 0.3 is 5.82 Å². The molecule has 20 heavy (non-hydrogen) atoms. The molecule has 0 aliphatic heterocycles. The number of halogens is 2. The van der Waals surface area contributed by atoms with E-state index in [1.807, 2.05) is 0 Å². The van der Waals surface area contributed by atoms with Crippen molar-refractivity contribution in [1.29, 1.82) is 0 Å². The van der Waals surface area contributed by atoms with Gasteiger partial charge in [0.15, 0.2) is 6.20 Å². The van der Waals surface area contributed by atoms with Gasteiger partial charge in [-0.05, 0) is 50.5 Å². The number of aromatic nitrogens is 1. The molecule has 2 aromatic rings. The van der Waals surface area contributed by atoms with E-state index in [-0.39, 0.29) is 17.4 Å². The molecule has 2 rings (SSSR count). The molecular weight excluding hydrogens is 331 g/mol. The summed E-state index contributed by atoms with van der Waals surface area (Å²) in [6.45, 7) is 1.68. The van der Waals surface area contributed by atoms with Crippen LogP contribution in [0.1, 0.15) is 18.6 Å². The molecule has 0 fully saturated rings. The second-order valence-corrected chi connectivity index (χ2v) is 4.96. The third-order valence-corrected chi connectivity index (χ3v) is 3.03. The molecule has 0 radical (unpaired) electrons. The Morgan fingerprint density at radius 3 is 2.85 bits per heavy atom. The van der Waals surface area contributed by atoms with Crippen LogP contribution in [-0.4, -0.2) is 9.91 Å². The summed E-state index contributed by atoms with van der Waals surface area (Å²) >= 11 is 3.18. The van der Waals surface area contributed by atoms with E-state index < -0.39 is 11.0 Å². The van der Waals surface area contributed by atoms with Gasteiger partial charge in [-0.15, -0.1) is 0 Å². The zero-order valence-electron chi connectivity index (χ0n) is 10.4. The predicted octanol–water partition coefficient (Wildman–Crippen LogP) is 4.03. The Hall–Kier alpha value is -2.02. The summed E-state index contributed by atoms with van der Waals surface area (Å²) in [4.78, 5) is 14.0. The maximum atomic E-state index is 13.2. The summed E-state index contributed by atoms with van der Waals surface area (Å²) in [6, 6.07) is 7.34. The van der Waals surface area contributed by atoms with E-state index in [0.29, 0.717) is 10.0 Å². The average Bonchev–Trinajstić information content (AvgIpc) is 2.38. The minimum atomic E-state index is -0.625. The van der Waals surface area contributed by atoms with Crippen LogP contribution in [0, 0.1) is 15.9 Å². The Balaban J connectivity index is 2.29. The van der Waals surface area contributed by atoms with Crippen molar-refractivity contribution in [2.45, 2.75) is 13.0 Å². The largest absolute Gasteiger partial charge is 0.478 e. The minimum Gasteiger partial charge on any atom is -0.478 e. The van der Waals surface area contributed by atoms with E-state index in [1.54, 1.807) is 19.1 Å². The van der Waals surface area contributed by atoms with Crippen molar-refractivity contribution in [3.63, 3.8) is 0 Å². The van der Waals surface area contributed by atoms with Crippen LogP contribution in [0.15, 0.2) is 41.0 Å². The highest BCUT2D eigenvalue weighted by Gasteiger charge is 2.20. The van der Waals surface area contributed by atoms with Crippen molar-refractivity contribution in [2.75, 3.05) is 0 Å². The first-order valence-electron chi connectivity index (χ1n) is 5.69. The molecule has 0 amide bonds. The topological polar surface area (TPSA) is 65.3 Å². The van der Waals surface area contributed by atoms with Crippen LogP contribution in [0.2, 0.25) is 0 Å². The Bertz CT molecular complexity index is 651. The van der Waals surface area contributed by atoms with E-state index in [2.05, 4.69) is 20.9 Å². The van der Waals surface area contributed by atoms with Crippen LogP contribution in [-0.2, 0) is 0 Å². The molecule has 0 aliphatic rings. The van der Waals surface area contributed by atoms with Crippen molar-refractivity contribution in [2.24, 2.45) is 0 Å². The molecular formula is C13H10BrFN2O3. The van der Waals surface area contributed by atoms with E-state index >= 15 is 0 Å². The highest BCUT2D eigenvalue weighted by atomic mass is 79.9. The molecule has 7 heteroatoms. The Morgan fingerprint density at radius 1 is 1.45 bits per heavy atom. The van der Waals surface area contributed by atoms with Crippen molar-refractivity contribution in [1.82, 2.24) is 4.98 Å². The van der Waals surface area contributed by atoms with E-state index in [4.69, 9.17) is 4.74 Å². The van der Waals surface area contributed by atoms with Gasteiger partial charge in [0.25, 0.3) is 0 Å². The molecule has 0 spiro atoms. The average molecular weight is 341 g/mol. The number of hydrogen-bond donors (Lipinski definition) is 0. The lowest BCUT2D eigenvalue weighted by Crippen LogP contribution is -2.06. The van der Waals surface area contributed by atoms with Gasteiger partial charge in [-0.1, -0.05) is 12.1 Å². The van der Waals surface area contributed by atoms with Crippen molar-refractivity contribution < 1.29 is 14.1 Å². The molecule has 1 aromatic carbocycles. The van der Waals surface area contributed by atoms with Crippen molar-refractivity contribution in [3.8, 4) is 5.75 Å². The number of hydrogen-bond acceptors (Lipinski definition) is 4. The quantitative estimate of drug-likeness (QED) is 0.622. The highest BCUT2D eigenvalue weighted by molar-refractivity contribution is 9.10. The number of nitrogens with zero attached hydrogens (tertiary/aromatic N) is 2. The van der Waals surface area contributed by atoms with E-state index in [9.17, 15) is 14.5 Å². The molecule has 5 nitrogen and oxygen atoms in total. The maximum Gasteiger partial charge on any atom is 0.406 e. The normalized spacial score (nSPS) is 11.9. The molecule has 0 aliphatic carbocycles. The van der Waals surface area contributed by atoms with Crippen LogP contribution < -0.4 is 4.74 Å². The molecule has 1 atom stereocenters. The summed E-state index contributed by atoms with van der Waals surface area (Å²) in [5.74, 6) is -0.739. The van der Waals surface area contributed by atoms with E-state index in [1.165, 1.54) is 24.4 Å². The van der Waals surface area contributed by atoms with Gasteiger partial charge < -0.3 is 14.9 Å². The van der Waals surface area contributed by atoms with Gasteiger partial charge in [0.05, 0.1) is 4.47 Å². The first kappa shape index (κ1) is 14.4. The van der Waals surface area contributed by atoms with Crippen LogP contribution in [0.25, 0.3) is 0 Å². The number of nitro groups is 1. The Kier molecular flexibility index (Phi) is 4.29. The summed E-state index contributed by atoms with van der Waals surface area (Å²) < 4.78 is 19.2. The first-order valence-corrected chi connectivity index (χ1v) is 6.48. The fourth-order valence-corrected chi connectivity index (χ4v) is 1.97. The van der Waals surface area contributed by atoms with Gasteiger partial charge in [-0.25, -0.2) is 4.39 Å². The molecule has 104 valence electrons. The van der Waals surface area contributed by atoms with Crippen LogP contribution in [0.5, 0.6) is 5.75 Å². The molecule has 0 saturated carbocycles. The summed E-state index contributed by atoms with van der Waals surface area (Å²) in [6.07, 6.45) is 0.776. The number of pyridine rings is 1. The van der Waals surface area contributed by atoms with Crippen LogP contribution in [0.4, 0.5) is 10.2 Å². The van der Waals surface area contributed by atoms with Gasteiger partial charge in [-0.2, -0.15) is 0 Å². The van der Waals surface area contributed by atoms with Crippen LogP contribution in [0.3, 0.4) is 0 Å². The fourth-order valence-electron chi connectivity index (χ4n) is 1.66. The first-order chi connectivity index (χ1) is 9.47. The van der Waals surface area contributed by atoms with Crippen molar-refractivity contribution in [3.05, 3.63) is 62.5 Å². The molecule has 0 N–H and O–H groups in total. The van der Waals surface area contributed by atoms with Gasteiger partial charge in [0, 0.05) is 6.07 Å². The lowest BCUT2D eigenvalue weighted by atomic mass is 10.1. The summed E-state index contributed by atoms with van der Waals surface area (Å²) in [5, 5.41) is 10.9. The third-order valence-electron chi connectivity index (χ3n) is 2.59. The maximum absolute atomic E-state index is 13.2. The van der Waals surface area contributed by atoms with Crippen molar-refractivity contribution >= 4 is 21.7 Å².